The van der Waals surface area contributed by atoms with E-state index >= 15 is 0 Å². The minimum absolute atomic E-state index is 1.54. The smallest absolute Gasteiger partial charge is 0.250 e. The summed E-state index contributed by atoms with van der Waals surface area (Å²) in [5.41, 5.74) is 2.87. The average molecular weight is 136 g/mol. The van der Waals surface area contributed by atoms with Crippen LogP contribution in [0.3, 0.4) is 0 Å². The van der Waals surface area contributed by atoms with Crippen LogP contribution in [0.1, 0.15) is 0 Å². The highest BCUT2D eigenvalue weighted by molar-refractivity contribution is 5.69. The molecular formula is C3H6NO5. The van der Waals surface area contributed by atoms with Crippen molar-refractivity contribution in [1.29, 1.82) is 0 Å². The topological polar surface area (TPSA) is 117 Å². The molecule has 0 bridgehead atoms. The third-order valence-electron chi connectivity index (χ3n) is 0.746. The Morgan fingerprint density at radius 3 is 2.33 bits per heavy atom. The van der Waals surface area contributed by atoms with E-state index in [1.165, 1.54) is 0 Å². The lowest BCUT2D eigenvalue weighted by molar-refractivity contribution is -0.505. The molecule has 0 aromatic carbocycles. The second-order valence-corrected chi connectivity index (χ2v) is 1.41. The van der Waals surface area contributed by atoms with Crippen molar-refractivity contribution in [1.82, 2.24) is 0 Å². The van der Waals surface area contributed by atoms with Crippen molar-refractivity contribution in [3.05, 3.63) is 0 Å². The van der Waals surface area contributed by atoms with Crippen LogP contribution in [0.2, 0.25) is 0 Å². The van der Waals surface area contributed by atoms with E-state index in [9.17, 15) is 15.2 Å². The van der Waals surface area contributed by atoms with Gasteiger partial charge in [-0.25, -0.2) is 0 Å². The van der Waals surface area contributed by atoms with E-state index < -0.39 is 18.3 Å². The molecule has 9 heavy (non-hydrogen) atoms. The van der Waals surface area contributed by atoms with E-state index in [2.05, 4.69) is 10.6 Å². The number of carboxylic acids is 1. The summed E-state index contributed by atoms with van der Waals surface area (Å²) in [4.78, 5) is 12.7. The number of hydrogen-bond donors (Lipinski definition) is 2. The maximum Gasteiger partial charge on any atom is 0.250 e. The molecule has 0 aliphatic heterocycles. The van der Waals surface area contributed by atoms with Crippen molar-refractivity contribution in [2.24, 2.45) is 0 Å². The van der Waals surface area contributed by atoms with E-state index in [0.29, 0.717) is 0 Å². The number of carboxylic acid groups (broad SMARTS) is 1. The minimum Gasteiger partial charge on any atom is -0.544 e. The molecule has 0 rings (SSSR count). The third kappa shape index (κ3) is 2.38. The average Bonchev–Trinajstić information content (AvgIpc) is 1.84. The van der Waals surface area contributed by atoms with Crippen LogP contribution in [0.15, 0.2) is 0 Å². The van der Waals surface area contributed by atoms with Crippen molar-refractivity contribution in [2.45, 2.75) is 12.3 Å². The normalized spacial score (nSPS) is 16.8. The third-order valence-corrected chi connectivity index (χ3v) is 0.746. The summed E-state index contributed by atoms with van der Waals surface area (Å²) in [7, 11) is 0. The molecule has 6 nitrogen and oxygen atoms in total. The van der Waals surface area contributed by atoms with Gasteiger partial charge in [0.05, 0.1) is 0 Å². The molecule has 0 aromatic heterocycles. The number of carbonyl (C=O) groups excluding carboxylic acids is 1. The van der Waals surface area contributed by atoms with Gasteiger partial charge in [0.1, 0.15) is 5.97 Å². The molecule has 0 aliphatic rings. The van der Waals surface area contributed by atoms with Crippen molar-refractivity contribution in [2.75, 3.05) is 0 Å². The number of aliphatic hydroxyl groups excluding tert-OH is 1. The first-order chi connectivity index (χ1) is 4.09. The molecule has 0 fully saturated rings. The Bertz CT molecular complexity index is 104. The second-order valence-electron chi connectivity index (χ2n) is 1.41. The van der Waals surface area contributed by atoms with Gasteiger partial charge < -0.3 is 20.7 Å². The highest BCUT2D eigenvalue weighted by Crippen LogP contribution is 1.85. The van der Waals surface area contributed by atoms with Gasteiger partial charge in [-0.3, -0.25) is 0 Å². The molecule has 0 aliphatic carbocycles. The Labute approximate surface area is 50.4 Å². The van der Waals surface area contributed by atoms with Gasteiger partial charge in [0.15, 0.2) is 6.04 Å². The van der Waals surface area contributed by atoms with Gasteiger partial charge in [0, 0.05) is 0 Å². The SMILES string of the molecule is [NH3+]C(C(=O)[O-])C(O)O[O]. The molecule has 1 radical (unpaired) electrons. The summed E-state index contributed by atoms with van der Waals surface area (Å²) < 4.78 is 0. The Balaban J connectivity index is 3.72. The van der Waals surface area contributed by atoms with Crippen LogP contribution in [-0.2, 0) is 14.9 Å². The molecule has 0 amide bonds. The molecule has 0 heterocycles. The fourth-order valence-corrected chi connectivity index (χ4v) is 0.183. The molecule has 2 atom stereocenters. The number of carbonyl (C=O) groups is 1. The number of aliphatic hydroxyl groups is 1. The lowest BCUT2D eigenvalue weighted by atomic mass is 10.3. The molecular weight excluding hydrogens is 130 g/mol. The van der Waals surface area contributed by atoms with E-state index in [-0.39, 0.29) is 0 Å². The van der Waals surface area contributed by atoms with Crippen molar-refractivity contribution in [3.8, 4) is 0 Å². The molecule has 0 saturated carbocycles. The largest absolute Gasteiger partial charge is 0.544 e. The molecule has 0 saturated heterocycles. The van der Waals surface area contributed by atoms with Gasteiger partial charge >= 0.3 is 0 Å². The highest BCUT2D eigenvalue weighted by atomic mass is 17.1. The van der Waals surface area contributed by atoms with Crippen LogP contribution in [0, 0.1) is 0 Å². The lowest BCUT2D eigenvalue weighted by Crippen LogP contribution is -2.73. The number of aliphatic carboxylic acids is 1. The molecule has 2 unspecified atom stereocenters. The predicted octanol–water partition coefficient (Wildman–Crippen LogP) is -3.97. The van der Waals surface area contributed by atoms with E-state index in [4.69, 9.17) is 5.11 Å². The minimum atomic E-state index is -1.94. The Morgan fingerprint density at radius 2 is 2.22 bits per heavy atom. The first-order valence-corrected chi connectivity index (χ1v) is 2.10. The molecule has 0 spiro atoms. The van der Waals surface area contributed by atoms with Crippen molar-refractivity contribution >= 4 is 5.97 Å². The zero-order valence-corrected chi connectivity index (χ0v) is 4.44. The number of hydrogen-bond acceptors (Lipinski definition) is 4. The first-order valence-electron chi connectivity index (χ1n) is 2.10. The first kappa shape index (κ1) is 8.31. The van der Waals surface area contributed by atoms with Gasteiger partial charge in [-0.2, -0.15) is 4.89 Å². The van der Waals surface area contributed by atoms with Crippen LogP contribution in [0.4, 0.5) is 0 Å². The fourth-order valence-electron chi connectivity index (χ4n) is 0.183. The quantitative estimate of drug-likeness (QED) is 0.233. The molecule has 4 N–H and O–H groups in total. The molecule has 53 valence electrons. The van der Waals surface area contributed by atoms with Crippen LogP contribution in [0.25, 0.3) is 0 Å². The summed E-state index contributed by atoms with van der Waals surface area (Å²) in [6.45, 7) is 0. The number of quaternary nitrogens is 1. The lowest BCUT2D eigenvalue weighted by Gasteiger charge is -2.10. The predicted molar refractivity (Wildman–Crippen MR) is 19.5 cm³/mol. The summed E-state index contributed by atoms with van der Waals surface area (Å²) in [5.74, 6) is -1.63. The summed E-state index contributed by atoms with van der Waals surface area (Å²) in [5, 5.41) is 27.3. The van der Waals surface area contributed by atoms with E-state index in [1.54, 1.807) is 0 Å². The molecule has 0 aromatic rings. The molecule has 6 heteroatoms. The van der Waals surface area contributed by atoms with Gasteiger partial charge in [-0.05, 0) is 5.26 Å². The fraction of sp³-hybridized carbons (Fsp3) is 0.667. The van der Waals surface area contributed by atoms with Crippen molar-refractivity contribution in [3.63, 3.8) is 0 Å². The summed E-state index contributed by atoms with van der Waals surface area (Å²) in [6, 6.07) is -1.54. The Morgan fingerprint density at radius 1 is 1.78 bits per heavy atom. The highest BCUT2D eigenvalue weighted by Gasteiger charge is 2.20. The second kappa shape index (κ2) is 3.36. The van der Waals surface area contributed by atoms with E-state index in [1.807, 2.05) is 0 Å². The van der Waals surface area contributed by atoms with Gasteiger partial charge in [0.25, 0.3) is 0 Å². The van der Waals surface area contributed by atoms with Crippen LogP contribution in [-0.4, -0.2) is 23.4 Å². The monoisotopic (exact) mass is 136 g/mol. The van der Waals surface area contributed by atoms with Crippen LogP contribution < -0.4 is 10.8 Å². The summed E-state index contributed by atoms with van der Waals surface area (Å²) in [6.07, 6.45) is -1.94. The van der Waals surface area contributed by atoms with Gasteiger partial charge in [-0.1, -0.05) is 0 Å². The van der Waals surface area contributed by atoms with E-state index in [0.717, 1.165) is 0 Å². The summed E-state index contributed by atoms with van der Waals surface area (Å²) >= 11 is 0. The maximum absolute atomic E-state index is 9.75. The van der Waals surface area contributed by atoms with Gasteiger partial charge in [0.2, 0.25) is 6.29 Å². The van der Waals surface area contributed by atoms with Crippen LogP contribution >= 0.6 is 0 Å². The standard InChI is InChI=1S/C3H6NO5/c4-1(2(5)6)3(7)9-8/h1,3,7H,4H2,(H,5,6). The zero-order valence-electron chi connectivity index (χ0n) is 4.44. The Kier molecular flexibility index (Phi) is 3.10. The maximum atomic E-state index is 9.75. The zero-order chi connectivity index (χ0) is 7.44. The van der Waals surface area contributed by atoms with Crippen LogP contribution in [0.5, 0.6) is 0 Å². The number of rotatable bonds is 3. The van der Waals surface area contributed by atoms with Crippen molar-refractivity contribution < 1.29 is 30.9 Å². The van der Waals surface area contributed by atoms with Gasteiger partial charge in [-0.15, -0.1) is 0 Å². The Hall–Kier alpha value is -0.690.